The summed E-state index contributed by atoms with van der Waals surface area (Å²) in [4.78, 5) is 13.0. The number of amides is 1. The minimum atomic E-state index is -3.88. The number of nitrogens with zero attached hydrogens (tertiary/aromatic N) is 1. The Morgan fingerprint density at radius 3 is 2.25 bits per heavy atom. The number of aryl methyl sites for hydroxylation is 1. The Kier molecular flexibility index (Phi) is 8.27. The minimum Gasteiger partial charge on any atom is -0.348 e. The van der Waals surface area contributed by atoms with Crippen molar-refractivity contribution in [2.24, 2.45) is 0 Å². The maximum Gasteiger partial charge on any atom is 0.243 e. The highest BCUT2D eigenvalue weighted by molar-refractivity contribution is 9.10. The van der Waals surface area contributed by atoms with Gasteiger partial charge >= 0.3 is 0 Å². The van der Waals surface area contributed by atoms with Crippen molar-refractivity contribution in [1.82, 2.24) is 9.62 Å². The highest BCUT2D eigenvalue weighted by Gasteiger charge is 2.27. The van der Waals surface area contributed by atoms with E-state index in [9.17, 15) is 13.2 Å². The Bertz CT molecular complexity index is 1180. The zero-order valence-electron chi connectivity index (χ0n) is 17.8. The van der Waals surface area contributed by atoms with Gasteiger partial charge in [0.05, 0.1) is 17.5 Å². The summed E-state index contributed by atoms with van der Waals surface area (Å²) in [6.07, 6.45) is 0. The summed E-state index contributed by atoms with van der Waals surface area (Å²) in [6.45, 7) is 3.56. The van der Waals surface area contributed by atoms with Crippen LogP contribution >= 0.6 is 31.9 Å². The second kappa shape index (κ2) is 10.7. The van der Waals surface area contributed by atoms with Crippen LogP contribution in [0.4, 0.5) is 0 Å². The van der Waals surface area contributed by atoms with Crippen LogP contribution in [-0.4, -0.2) is 25.2 Å². The first-order valence-electron chi connectivity index (χ1n) is 10.0. The molecule has 0 spiro atoms. The number of benzene rings is 3. The van der Waals surface area contributed by atoms with E-state index in [1.165, 1.54) is 4.31 Å². The highest BCUT2D eigenvalue weighted by atomic mass is 79.9. The molecule has 0 aliphatic heterocycles. The molecule has 0 fully saturated rings. The summed E-state index contributed by atoms with van der Waals surface area (Å²) < 4.78 is 29.8. The van der Waals surface area contributed by atoms with Gasteiger partial charge < -0.3 is 5.32 Å². The molecule has 1 N–H and O–H groups in total. The minimum absolute atomic E-state index is 0.0855. The lowest BCUT2D eigenvalue weighted by atomic mass is 10.1. The monoisotopic (exact) mass is 578 g/mol. The van der Waals surface area contributed by atoms with Crippen molar-refractivity contribution in [1.29, 1.82) is 0 Å². The highest BCUT2D eigenvalue weighted by Crippen LogP contribution is 2.21. The molecule has 0 saturated heterocycles. The van der Waals surface area contributed by atoms with Crippen molar-refractivity contribution in [2.45, 2.75) is 31.3 Å². The Balaban J connectivity index is 1.83. The van der Waals surface area contributed by atoms with Crippen LogP contribution in [0.25, 0.3) is 0 Å². The topological polar surface area (TPSA) is 66.5 Å². The SMILES string of the molecule is Cc1ccc(S(=O)(=O)N(CC(=O)N[C@H](C)c2cccc(Br)c2)Cc2ccc(Br)cc2)cc1. The third-order valence-corrected chi connectivity index (χ3v) is 7.80. The molecule has 168 valence electrons. The molecule has 32 heavy (non-hydrogen) atoms. The van der Waals surface area contributed by atoms with E-state index in [1.807, 2.05) is 62.4 Å². The number of hydrogen-bond donors (Lipinski definition) is 1. The molecule has 1 atom stereocenters. The van der Waals surface area contributed by atoms with Gasteiger partial charge in [-0.15, -0.1) is 0 Å². The van der Waals surface area contributed by atoms with Gasteiger partial charge in [-0.05, 0) is 61.4 Å². The van der Waals surface area contributed by atoms with E-state index < -0.39 is 10.0 Å². The average Bonchev–Trinajstić information content (AvgIpc) is 2.75. The zero-order valence-corrected chi connectivity index (χ0v) is 21.7. The van der Waals surface area contributed by atoms with Crippen molar-refractivity contribution < 1.29 is 13.2 Å². The van der Waals surface area contributed by atoms with Crippen molar-refractivity contribution in [3.05, 3.63) is 98.4 Å². The van der Waals surface area contributed by atoms with Crippen LogP contribution in [0.5, 0.6) is 0 Å². The van der Waals surface area contributed by atoms with Gasteiger partial charge in [0.15, 0.2) is 0 Å². The van der Waals surface area contributed by atoms with E-state index in [1.54, 1.807) is 24.3 Å². The fourth-order valence-electron chi connectivity index (χ4n) is 3.19. The molecule has 3 aromatic rings. The molecule has 5 nitrogen and oxygen atoms in total. The van der Waals surface area contributed by atoms with Crippen molar-refractivity contribution in [2.75, 3.05) is 6.54 Å². The number of carbonyl (C=O) groups excluding carboxylic acids is 1. The number of halogens is 2. The van der Waals surface area contributed by atoms with Crippen LogP contribution in [0.15, 0.2) is 86.6 Å². The fraction of sp³-hybridized carbons (Fsp3) is 0.208. The fourth-order valence-corrected chi connectivity index (χ4v) is 5.25. The number of nitrogens with one attached hydrogen (secondary N) is 1. The molecule has 0 radical (unpaired) electrons. The van der Waals surface area contributed by atoms with Gasteiger partial charge in [0, 0.05) is 15.5 Å². The maximum absolute atomic E-state index is 13.4. The standard InChI is InChI=1S/C24H24Br2N2O3S/c1-17-6-12-23(13-7-17)32(30,31)28(15-19-8-10-21(25)11-9-19)16-24(29)27-18(2)20-4-3-5-22(26)14-20/h3-14,18H,15-16H2,1-2H3,(H,27,29)/t18-/m1/s1. The largest absolute Gasteiger partial charge is 0.348 e. The molecular weight excluding hydrogens is 556 g/mol. The molecule has 0 unspecified atom stereocenters. The van der Waals surface area contributed by atoms with Gasteiger partial charge in [-0.1, -0.05) is 73.8 Å². The number of sulfonamides is 1. The lowest BCUT2D eigenvalue weighted by Crippen LogP contribution is -2.41. The first-order chi connectivity index (χ1) is 15.1. The summed E-state index contributed by atoms with van der Waals surface area (Å²) >= 11 is 6.82. The lowest BCUT2D eigenvalue weighted by Gasteiger charge is -2.23. The predicted molar refractivity (Wildman–Crippen MR) is 134 cm³/mol. The van der Waals surface area contributed by atoms with E-state index in [-0.39, 0.29) is 29.9 Å². The van der Waals surface area contributed by atoms with Crippen LogP contribution in [0.2, 0.25) is 0 Å². The maximum atomic E-state index is 13.4. The van der Waals surface area contributed by atoms with Crippen LogP contribution in [0, 0.1) is 6.92 Å². The first kappa shape index (κ1) is 24.6. The van der Waals surface area contributed by atoms with Gasteiger partial charge in [-0.25, -0.2) is 8.42 Å². The zero-order chi connectivity index (χ0) is 23.3. The second-order valence-electron chi connectivity index (χ2n) is 7.56. The van der Waals surface area contributed by atoms with Crippen LogP contribution < -0.4 is 5.32 Å². The summed E-state index contributed by atoms with van der Waals surface area (Å²) in [5.41, 5.74) is 2.68. The smallest absolute Gasteiger partial charge is 0.243 e. The molecule has 3 rings (SSSR count). The molecule has 0 heterocycles. The van der Waals surface area contributed by atoms with Gasteiger partial charge in [0.1, 0.15) is 0 Å². The van der Waals surface area contributed by atoms with Gasteiger partial charge in [-0.3, -0.25) is 4.79 Å². The van der Waals surface area contributed by atoms with Gasteiger partial charge in [-0.2, -0.15) is 4.31 Å². The summed E-state index contributed by atoms with van der Waals surface area (Å²) in [6, 6.07) is 21.4. The lowest BCUT2D eigenvalue weighted by molar-refractivity contribution is -0.122. The molecule has 8 heteroatoms. The molecule has 0 aliphatic carbocycles. The predicted octanol–water partition coefficient (Wildman–Crippen LogP) is 5.59. The van der Waals surface area contributed by atoms with Gasteiger partial charge in [0.2, 0.25) is 15.9 Å². The van der Waals surface area contributed by atoms with E-state index in [2.05, 4.69) is 37.2 Å². The third-order valence-electron chi connectivity index (χ3n) is 4.98. The summed E-state index contributed by atoms with van der Waals surface area (Å²) in [7, 11) is -3.88. The average molecular weight is 580 g/mol. The van der Waals surface area contributed by atoms with E-state index in [0.717, 1.165) is 25.6 Å². The van der Waals surface area contributed by atoms with Crippen LogP contribution in [0.1, 0.15) is 29.7 Å². The van der Waals surface area contributed by atoms with E-state index in [4.69, 9.17) is 0 Å². The molecule has 0 aromatic heterocycles. The molecule has 0 saturated carbocycles. The quantitative estimate of drug-likeness (QED) is 0.378. The van der Waals surface area contributed by atoms with Crippen molar-refractivity contribution >= 4 is 47.8 Å². The first-order valence-corrected chi connectivity index (χ1v) is 13.0. The Hall–Kier alpha value is -2.00. The molecule has 3 aromatic carbocycles. The molecule has 0 aliphatic rings. The Morgan fingerprint density at radius 2 is 1.62 bits per heavy atom. The molecule has 1 amide bonds. The summed E-state index contributed by atoms with van der Waals surface area (Å²) in [5, 5.41) is 2.91. The third kappa shape index (κ3) is 6.51. The van der Waals surface area contributed by atoms with Crippen LogP contribution in [-0.2, 0) is 21.4 Å². The second-order valence-corrected chi connectivity index (χ2v) is 11.3. The van der Waals surface area contributed by atoms with Gasteiger partial charge in [0.25, 0.3) is 0 Å². The molecular formula is C24H24Br2N2O3S. The number of rotatable bonds is 8. The Labute approximate surface area is 206 Å². The van der Waals surface area contributed by atoms with Crippen molar-refractivity contribution in [3.63, 3.8) is 0 Å². The molecule has 0 bridgehead atoms. The number of carbonyl (C=O) groups is 1. The number of hydrogen-bond acceptors (Lipinski definition) is 3. The van der Waals surface area contributed by atoms with Crippen LogP contribution in [0.3, 0.4) is 0 Å². The van der Waals surface area contributed by atoms with Crippen molar-refractivity contribution in [3.8, 4) is 0 Å². The normalized spacial score (nSPS) is 12.5. The summed E-state index contributed by atoms with van der Waals surface area (Å²) in [5.74, 6) is -0.370. The Morgan fingerprint density at radius 1 is 0.969 bits per heavy atom. The van der Waals surface area contributed by atoms with E-state index >= 15 is 0 Å². The van der Waals surface area contributed by atoms with E-state index in [0.29, 0.717) is 0 Å².